The first-order chi connectivity index (χ1) is 8.90. The summed E-state index contributed by atoms with van der Waals surface area (Å²) in [5.41, 5.74) is 3.49. The van der Waals surface area contributed by atoms with Gasteiger partial charge < -0.3 is 9.63 Å². The van der Waals surface area contributed by atoms with Gasteiger partial charge in [0.05, 0.1) is 0 Å². The van der Waals surface area contributed by atoms with E-state index in [1.807, 2.05) is 45.9 Å². The molecule has 0 bridgehead atoms. The van der Waals surface area contributed by atoms with Crippen LogP contribution in [0.4, 0.5) is 0 Å². The van der Waals surface area contributed by atoms with Crippen molar-refractivity contribution < 1.29 is 14.4 Å². The van der Waals surface area contributed by atoms with Crippen LogP contribution in [0, 0.1) is 13.8 Å². The molecule has 0 saturated heterocycles. The summed E-state index contributed by atoms with van der Waals surface area (Å²) in [6, 6.07) is 5.87. The van der Waals surface area contributed by atoms with Crippen LogP contribution in [0.1, 0.15) is 47.0 Å². The largest absolute Gasteiger partial charge is 0.477 e. The van der Waals surface area contributed by atoms with Gasteiger partial charge in [-0.3, -0.25) is 0 Å². The van der Waals surface area contributed by atoms with E-state index in [0.717, 1.165) is 16.7 Å². The molecule has 0 spiro atoms. The van der Waals surface area contributed by atoms with Gasteiger partial charge >= 0.3 is 5.97 Å². The number of aromatic carboxylic acids is 1. The van der Waals surface area contributed by atoms with Gasteiger partial charge in [0, 0.05) is 11.5 Å². The molecule has 1 heterocycles. The fourth-order valence-electron chi connectivity index (χ4n) is 2.21. The van der Waals surface area contributed by atoms with Crippen LogP contribution in [0.25, 0.3) is 11.3 Å². The zero-order valence-corrected chi connectivity index (χ0v) is 11.5. The lowest BCUT2D eigenvalue weighted by molar-refractivity contribution is 0.0694. The fraction of sp³-hybridized carbons (Fsp3) is 0.333. The summed E-state index contributed by atoms with van der Waals surface area (Å²) in [7, 11) is 0. The second-order valence-corrected chi connectivity index (χ2v) is 5.11. The van der Waals surface area contributed by atoms with E-state index in [4.69, 9.17) is 4.52 Å². The van der Waals surface area contributed by atoms with Crippen molar-refractivity contribution in [1.82, 2.24) is 5.16 Å². The van der Waals surface area contributed by atoms with Crippen molar-refractivity contribution in [3.63, 3.8) is 0 Å². The number of aryl methyl sites for hydroxylation is 2. The Kier molecular flexibility index (Phi) is 3.42. The molecular formula is C15H17NO3. The quantitative estimate of drug-likeness (QED) is 0.911. The smallest absolute Gasteiger partial charge is 0.341 e. The molecule has 0 atom stereocenters. The molecule has 1 N–H and O–H groups in total. The van der Waals surface area contributed by atoms with Crippen molar-refractivity contribution in [2.24, 2.45) is 0 Å². The maximum absolute atomic E-state index is 11.5. The third kappa shape index (κ3) is 2.52. The molecule has 4 nitrogen and oxygen atoms in total. The molecule has 100 valence electrons. The Labute approximate surface area is 112 Å². The first-order valence-corrected chi connectivity index (χ1v) is 6.21. The summed E-state index contributed by atoms with van der Waals surface area (Å²) in [6.45, 7) is 7.72. The van der Waals surface area contributed by atoms with Crippen LogP contribution in [0.3, 0.4) is 0 Å². The van der Waals surface area contributed by atoms with Gasteiger partial charge in [-0.05, 0) is 26.0 Å². The number of hydrogen-bond acceptors (Lipinski definition) is 3. The maximum atomic E-state index is 11.5. The van der Waals surface area contributed by atoms with E-state index >= 15 is 0 Å². The maximum Gasteiger partial charge on any atom is 0.341 e. The van der Waals surface area contributed by atoms with E-state index < -0.39 is 5.97 Å². The van der Waals surface area contributed by atoms with Crippen LogP contribution < -0.4 is 0 Å². The Morgan fingerprint density at radius 3 is 2.26 bits per heavy atom. The van der Waals surface area contributed by atoms with Gasteiger partial charge in [-0.25, -0.2) is 4.79 Å². The minimum Gasteiger partial charge on any atom is -0.477 e. The molecule has 0 fully saturated rings. The van der Waals surface area contributed by atoms with Crippen molar-refractivity contribution in [2.75, 3.05) is 0 Å². The van der Waals surface area contributed by atoms with Gasteiger partial charge in [-0.1, -0.05) is 36.2 Å². The highest BCUT2D eigenvalue weighted by molar-refractivity contribution is 5.96. The lowest BCUT2D eigenvalue weighted by atomic mass is 9.99. The molecule has 0 aliphatic rings. The predicted molar refractivity (Wildman–Crippen MR) is 72.5 cm³/mol. The molecule has 0 radical (unpaired) electrons. The number of carbonyl (C=O) groups is 1. The third-order valence-electron chi connectivity index (χ3n) is 2.95. The second-order valence-electron chi connectivity index (χ2n) is 5.11. The molecule has 2 rings (SSSR count). The topological polar surface area (TPSA) is 63.3 Å². The second kappa shape index (κ2) is 4.88. The van der Waals surface area contributed by atoms with E-state index in [0.29, 0.717) is 11.5 Å². The molecule has 1 aromatic heterocycles. The highest BCUT2D eigenvalue weighted by atomic mass is 16.5. The summed E-state index contributed by atoms with van der Waals surface area (Å²) < 4.78 is 5.22. The van der Waals surface area contributed by atoms with Crippen molar-refractivity contribution >= 4 is 5.97 Å². The van der Waals surface area contributed by atoms with Gasteiger partial charge in [-0.2, -0.15) is 0 Å². The third-order valence-corrected chi connectivity index (χ3v) is 2.95. The molecule has 0 amide bonds. The van der Waals surface area contributed by atoms with E-state index in [2.05, 4.69) is 5.16 Å². The zero-order valence-electron chi connectivity index (χ0n) is 11.5. The number of rotatable bonds is 3. The number of carboxylic acids is 1. The van der Waals surface area contributed by atoms with Crippen molar-refractivity contribution in [1.29, 1.82) is 0 Å². The van der Waals surface area contributed by atoms with E-state index in [1.165, 1.54) is 0 Å². The summed E-state index contributed by atoms with van der Waals surface area (Å²) >= 11 is 0. The van der Waals surface area contributed by atoms with Gasteiger partial charge in [0.15, 0.2) is 5.76 Å². The molecule has 0 aliphatic carbocycles. The molecule has 0 saturated carbocycles. The Hall–Kier alpha value is -2.10. The number of carboxylic acid groups (broad SMARTS) is 1. The van der Waals surface area contributed by atoms with Gasteiger partial charge in [-0.15, -0.1) is 0 Å². The van der Waals surface area contributed by atoms with Crippen LogP contribution in [-0.2, 0) is 0 Å². The van der Waals surface area contributed by atoms with Crippen molar-refractivity contribution in [3.8, 4) is 11.3 Å². The lowest BCUT2D eigenvalue weighted by Gasteiger charge is -2.04. The highest BCUT2D eigenvalue weighted by Crippen LogP contribution is 2.30. The normalized spacial score (nSPS) is 11.0. The summed E-state index contributed by atoms with van der Waals surface area (Å²) in [6.07, 6.45) is 0. The molecular weight excluding hydrogens is 242 g/mol. The van der Waals surface area contributed by atoms with Gasteiger partial charge in [0.1, 0.15) is 11.3 Å². The summed E-state index contributed by atoms with van der Waals surface area (Å²) in [4.78, 5) is 11.5. The van der Waals surface area contributed by atoms with Gasteiger partial charge in [0.25, 0.3) is 0 Å². The Bertz CT molecular complexity index is 606. The molecule has 2 aromatic rings. The SMILES string of the molecule is Cc1cc(C)cc(-c2noc(C(C)C)c2C(=O)O)c1. The van der Waals surface area contributed by atoms with E-state index in [1.54, 1.807) is 0 Å². The van der Waals surface area contributed by atoms with E-state index in [-0.39, 0.29) is 11.5 Å². The monoisotopic (exact) mass is 259 g/mol. The first-order valence-electron chi connectivity index (χ1n) is 6.21. The zero-order chi connectivity index (χ0) is 14.2. The van der Waals surface area contributed by atoms with E-state index in [9.17, 15) is 9.90 Å². The molecule has 0 aliphatic heterocycles. The Morgan fingerprint density at radius 2 is 1.79 bits per heavy atom. The minimum absolute atomic E-state index is 0.0155. The number of hydrogen-bond donors (Lipinski definition) is 1. The summed E-state index contributed by atoms with van der Waals surface area (Å²) in [5, 5.41) is 13.3. The Morgan fingerprint density at radius 1 is 1.21 bits per heavy atom. The fourth-order valence-corrected chi connectivity index (χ4v) is 2.21. The predicted octanol–water partition coefficient (Wildman–Crippen LogP) is 3.78. The first kappa shape index (κ1) is 13.3. The van der Waals surface area contributed by atoms with Gasteiger partial charge in [0.2, 0.25) is 0 Å². The molecule has 4 heteroatoms. The van der Waals surface area contributed by atoms with Crippen LogP contribution in [-0.4, -0.2) is 16.2 Å². The summed E-state index contributed by atoms with van der Waals surface area (Å²) in [5.74, 6) is -0.598. The van der Waals surface area contributed by atoms with Crippen LogP contribution >= 0.6 is 0 Å². The lowest BCUT2D eigenvalue weighted by Crippen LogP contribution is -2.02. The molecule has 0 unspecified atom stereocenters. The number of benzene rings is 1. The minimum atomic E-state index is -1.00. The average Bonchev–Trinajstić information content (AvgIpc) is 2.71. The molecule has 19 heavy (non-hydrogen) atoms. The highest BCUT2D eigenvalue weighted by Gasteiger charge is 2.25. The van der Waals surface area contributed by atoms with Crippen LogP contribution in [0.15, 0.2) is 22.7 Å². The van der Waals surface area contributed by atoms with Crippen LogP contribution in [0.2, 0.25) is 0 Å². The Balaban J connectivity index is 2.65. The van der Waals surface area contributed by atoms with Crippen molar-refractivity contribution in [2.45, 2.75) is 33.6 Å². The standard InChI is InChI=1S/C15H17NO3/c1-8(2)14-12(15(17)18)13(16-19-14)11-6-9(3)5-10(4)7-11/h5-8H,1-4H3,(H,17,18). The number of nitrogens with zero attached hydrogens (tertiary/aromatic N) is 1. The van der Waals surface area contributed by atoms with Crippen molar-refractivity contribution in [3.05, 3.63) is 40.6 Å². The number of aromatic nitrogens is 1. The van der Waals surface area contributed by atoms with Crippen LogP contribution in [0.5, 0.6) is 0 Å². The molecule has 1 aromatic carbocycles. The average molecular weight is 259 g/mol.